The lowest BCUT2D eigenvalue weighted by atomic mass is 9.98. The van der Waals surface area contributed by atoms with Crippen LogP contribution in [0.4, 0.5) is 0 Å². The van der Waals surface area contributed by atoms with Crippen LogP contribution in [-0.4, -0.2) is 42.9 Å². The maximum atomic E-state index is 10.3. The van der Waals surface area contributed by atoms with Crippen molar-refractivity contribution in [2.24, 2.45) is 4.99 Å². The Bertz CT molecular complexity index is 451. The number of benzene rings is 1. The van der Waals surface area contributed by atoms with Crippen LogP contribution in [0.5, 0.6) is 5.75 Å². The molecule has 1 aromatic carbocycles. The zero-order valence-corrected chi connectivity index (χ0v) is 17.4. The second kappa shape index (κ2) is 13.3. The Kier molecular flexibility index (Phi) is 12.7. The van der Waals surface area contributed by atoms with Crippen molar-refractivity contribution in [3.8, 4) is 5.75 Å². The molecule has 0 amide bonds. The summed E-state index contributed by atoms with van der Waals surface area (Å²) < 4.78 is 5.66. The quantitative estimate of drug-likeness (QED) is 0.222. The summed E-state index contributed by atoms with van der Waals surface area (Å²) >= 11 is 0. The van der Waals surface area contributed by atoms with E-state index in [0.29, 0.717) is 26.0 Å². The summed E-state index contributed by atoms with van der Waals surface area (Å²) in [7, 11) is 0. The first kappa shape index (κ1) is 23.0. The highest BCUT2D eigenvalue weighted by Crippen LogP contribution is 2.14. The first-order valence-electron chi connectivity index (χ1n) is 8.56. The Labute approximate surface area is 163 Å². The lowest BCUT2D eigenvalue weighted by Gasteiger charge is -2.23. The molecule has 1 aromatic rings. The highest BCUT2D eigenvalue weighted by Gasteiger charge is 2.21. The molecule has 138 valence electrons. The topological polar surface area (TPSA) is 65.9 Å². The van der Waals surface area contributed by atoms with Gasteiger partial charge < -0.3 is 20.5 Å². The van der Waals surface area contributed by atoms with Crippen molar-refractivity contribution in [1.29, 1.82) is 0 Å². The van der Waals surface area contributed by atoms with Crippen LogP contribution >= 0.6 is 24.0 Å². The fourth-order valence-corrected chi connectivity index (χ4v) is 2.03. The summed E-state index contributed by atoms with van der Waals surface area (Å²) in [4.78, 5) is 4.49. The van der Waals surface area contributed by atoms with Gasteiger partial charge in [-0.3, -0.25) is 4.99 Å². The summed E-state index contributed by atoms with van der Waals surface area (Å²) in [6.45, 7) is 8.64. The van der Waals surface area contributed by atoms with Crippen molar-refractivity contribution >= 4 is 29.9 Å². The highest BCUT2D eigenvalue weighted by atomic mass is 127. The van der Waals surface area contributed by atoms with E-state index in [0.717, 1.165) is 31.2 Å². The molecule has 5 nitrogen and oxygen atoms in total. The van der Waals surface area contributed by atoms with Gasteiger partial charge in [0.25, 0.3) is 0 Å². The Morgan fingerprint density at radius 2 is 1.79 bits per heavy atom. The lowest BCUT2D eigenvalue weighted by molar-refractivity contribution is 0.0418. The molecule has 0 fully saturated rings. The molecular weight excluding hydrogens is 417 g/mol. The van der Waals surface area contributed by atoms with Crippen LogP contribution in [0.3, 0.4) is 0 Å². The van der Waals surface area contributed by atoms with Crippen molar-refractivity contribution < 1.29 is 9.84 Å². The van der Waals surface area contributed by atoms with E-state index in [4.69, 9.17) is 4.74 Å². The van der Waals surface area contributed by atoms with E-state index in [-0.39, 0.29) is 24.0 Å². The number of para-hydroxylation sites is 1. The second-order valence-corrected chi connectivity index (χ2v) is 5.57. The normalized spacial score (nSPS) is 11.6. The second-order valence-electron chi connectivity index (χ2n) is 5.57. The highest BCUT2D eigenvalue weighted by molar-refractivity contribution is 14.0. The minimum absolute atomic E-state index is 0. The van der Waals surface area contributed by atoms with Crippen LogP contribution in [0.15, 0.2) is 35.3 Å². The molecule has 0 aromatic heterocycles. The van der Waals surface area contributed by atoms with Gasteiger partial charge in [-0.15, -0.1) is 24.0 Å². The number of nitrogens with one attached hydrogen (secondary N) is 2. The van der Waals surface area contributed by atoms with Gasteiger partial charge >= 0.3 is 0 Å². The predicted octanol–water partition coefficient (Wildman–Crippen LogP) is 3.18. The van der Waals surface area contributed by atoms with Crippen LogP contribution in [-0.2, 0) is 0 Å². The molecule has 0 aliphatic carbocycles. The van der Waals surface area contributed by atoms with Gasteiger partial charge in [0.05, 0.1) is 18.8 Å². The minimum Gasteiger partial charge on any atom is -0.494 e. The van der Waals surface area contributed by atoms with Gasteiger partial charge in [-0.25, -0.2) is 0 Å². The first-order chi connectivity index (χ1) is 11.1. The Morgan fingerprint density at radius 1 is 1.12 bits per heavy atom. The van der Waals surface area contributed by atoms with E-state index in [1.54, 1.807) is 0 Å². The van der Waals surface area contributed by atoms with E-state index < -0.39 is 5.60 Å². The molecule has 0 atom stereocenters. The molecule has 0 aliphatic rings. The molecule has 1 rings (SSSR count). The lowest BCUT2D eigenvalue weighted by Crippen LogP contribution is -2.40. The third-order valence-electron chi connectivity index (χ3n) is 3.82. The summed E-state index contributed by atoms with van der Waals surface area (Å²) in [6.07, 6.45) is 2.29. The van der Waals surface area contributed by atoms with Gasteiger partial charge in [-0.2, -0.15) is 0 Å². The predicted molar refractivity (Wildman–Crippen MR) is 111 cm³/mol. The summed E-state index contributed by atoms with van der Waals surface area (Å²) in [5, 5.41) is 16.8. The van der Waals surface area contributed by atoms with Crippen LogP contribution in [0, 0.1) is 0 Å². The number of halogens is 1. The standard InChI is InChI=1S/C18H31N3O2.HI/c1-4-18(22,5-2)15-21-17(19-6-3)20-13-10-14-23-16-11-8-7-9-12-16;/h7-9,11-12,22H,4-6,10,13-15H2,1-3H3,(H2,19,20,21);1H. The first-order valence-corrected chi connectivity index (χ1v) is 8.56. The number of ether oxygens (including phenoxy) is 1. The van der Waals surface area contributed by atoms with Crippen molar-refractivity contribution in [3.63, 3.8) is 0 Å². The zero-order valence-electron chi connectivity index (χ0n) is 15.0. The molecule has 6 heteroatoms. The number of aliphatic imine (C=N–C) groups is 1. The maximum absolute atomic E-state index is 10.3. The van der Waals surface area contributed by atoms with Gasteiger partial charge in [0.1, 0.15) is 5.75 Å². The van der Waals surface area contributed by atoms with E-state index in [9.17, 15) is 5.11 Å². The SMILES string of the molecule is CCNC(=NCC(O)(CC)CC)NCCCOc1ccccc1.I. The fourth-order valence-electron chi connectivity index (χ4n) is 2.03. The summed E-state index contributed by atoms with van der Waals surface area (Å²) in [5.74, 6) is 1.64. The average Bonchev–Trinajstić information content (AvgIpc) is 2.60. The number of nitrogens with zero attached hydrogens (tertiary/aromatic N) is 1. The number of guanidine groups is 1. The third-order valence-corrected chi connectivity index (χ3v) is 3.82. The fraction of sp³-hybridized carbons (Fsp3) is 0.611. The molecule has 0 heterocycles. The average molecular weight is 449 g/mol. The van der Waals surface area contributed by atoms with E-state index in [1.165, 1.54) is 0 Å². The molecular formula is C18H32IN3O2. The number of hydrogen-bond donors (Lipinski definition) is 3. The number of hydrogen-bond acceptors (Lipinski definition) is 3. The van der Waals surface area contributed by atoms with E-state index in [1.807, 2.05) is 51.1 Å². The van der Waals surface area contributed by atoms with Crippen LogP contribution in [0.2, 0.25) is 0 Å². The van der Waals surface area contributed by atoms with E-state index in [2.05, 4.69) is 15.6 Å². The maximum Gasteiger partial charge on any atom is 0.191 e. The Hall–Kier alpha value is -1.02. The van der Waals surface area contributed by atoms with Gasteiger partial charge in [0.15, 0.2) is 5.96 Å². The molecule has 0 bridgehead atoms. The number of rotatable bonds is 10. The zero-order chi connectivity index (χ0) is 17.0. The van der Waals surface area contributed by atoms with Gasteiger partial charge in [0, 0.05) is 13.1 Å². The van der Waals surface area contributed by atoms with E-state index >= 15 is 0 Å². The van der Waals surface area contributed by atoms with Crippen molar-refractivity contribution in [3.05, 3.63) is 30.3 Å². The summed E-state index contributed by atoms with van der Waals surface area (Å²) in [5.41, 5.74) is -0.710. The Morgan fingerprint density at radius 3 is 2.38 bits per heavy atom. The van der Waals surface area contributed by atoms with Gasteiger partial charge in [-0.1, -0.05) is 32.0 Å². The molecule has 0 spiro atoms. The van der Waals surface area contributed by atoms with Crippen molar-refractivity contribution in [1.82, 2.24) is 10.6 Å². The van der Waals surface area contributed by atoms with Crippen LogP contribution in [0.1, 0.15) is 40.0 Å². The largest absolute Gasteiger partial charge is 0.494 e. The molecule has 0 saturated heterocycles. The monoisotopic (exact) mass is 449 g/mol. The molecule has 0 saturated carbocycles. The third kappa shape index (κ3) is 9.32. The van der Waals surface area contributed by atoms with Crippen LogP contribution < -0.4 is 15.4 Å². The van der Waals surface area contributed by atoms with Crippen molar-refractivity contribution in [2.75, 3.05) is 26.2 Å². The van der Waals surface area contributed by atoms with Gasteiger partial charge in [-0.05, 0) is 38.3 Å². The smallest absolute Gasteiger partial charge is 0.191 e. The van der Waals surface area contributed by atoms with Gasteiger partial charge in [0.2, 0.25) is 0 Å². The minimum atomic E-state index is -0.710. The molecule has 24 heavy (non-hydrogen) atoms. The Balaban J connectivity index is 0.00000529. The molecule has 0 radical (unpaired) electrons. The molecule has 0 unspecified atom stereocenters. The molecule has 3 N–H and O–H groups in total. The molecule has 0 aliphatic heterocycles. The summed E-state index contributed by atoms with van der Waals surface area (Å²) in [6, 6.07) is 9.81. The number of aliphatic hydroxyl groups is 1. The van der Waals surface area contributed by atoms with Crippen molar-refractivity contribution in [2.45, 2.75) is 45.6 Å². The van der Waals surface area contributed by atoms with Crippen LogP contribution in [0.25, 0.3) is 0 Å².